The van der Waals surface area contributed by atoms with E-state index in [2.05, 4.69) is 71.9 Å². The first-order chi connectivity index (χ1) is 8.62. The van der Waals surface area contributed by atoms with E-state index in [-0.39, 0.29) is 10.8 Å². The molecule has 0 aliphatic carbocycles. The topological polar surface area (TPSA) is 37.3 Å². The van der Waals surface area contributed by atoms with E-state index in [1.54, 1.807) is 12.1 Å². The predicted octanol–water partition coefficient (Wildman–Crippen LogP) is 5.87. The Kier molecular flexibility index (Phi) is 7.87. The van der Waals surface area contributed by atoms with E-state index in [4.69, 9.17) is 5.11 Å². The van der Waals surface area contributed by atoms with Gasteiger partial charge in [-0.3, -0.25) is 0 Å². The van der Waals surface area contributed by atoms with Gasteiger partial charge in [-0.05, 0) is 34.9 Å². The summed E-state index contributed by atoms with van der Waals surface area (Å²) in [6.45, 7) is 11.1. The summed E-state index contributed by atoms with van der Waals surface area (Å²) < 4.78 is 0. The maximum Gasteiger partial charge on any atom is 0.335 e. The fourth-order valence-corrected chi connectivity index (χ4v) is 2.49. The number of aromatic carboxylic acids is 1. The van der Waals surface area contributed by atoms with Crippen molar-refractivity contribution in [3.05, 3.63) is 35.4 Å². The Morgan fingerprint density at radius 1 is 1.05 bits per heavy atom. The average Bonchev–Trinajstić information content (AvgIpc) is 2.29. The maximum atomic E-state index is 10.8. The zero-order valence-corrected chi connectivity index (χ0v) is 16.4. The Morgan fingerprint density at radius 3 is 1.79 bits per heavy atom. The summed E-state index contributed by atoms with van der Waals surface area (Å²) >= 11 is 4.24. The van der Waals surface area contributed by atoms with Crippen LogP contribution in [0.1, 0.15) is 57.0 Å². The molecule has 0 saturated carbocycles. The van der Waals surface area contributed by atoms with Crippen LogP contribution in [0.25, 0.3) is 0 Å². The molecule has 1 rings (SSSR count). The molecule has 1 aromatic carbocycles. The molecule has 0 aliphatic rings. The fourth-order valence-electron chi connectivity index (χ4n) is 2.49. The molecule has 2 nitrogen and oxygen atoms in total. The van der Waals surface area contributed by atoms with Crippen LogP contribution in [0.4, 0.5) is 0 Å². The first-order valence-corrected chi connectivity index (χ1v) is 12.4. The largest absolute Gasteiger partial charge is 0.478 e. The lowest BCUT2D eigenvalue weighted by Gasteiger charge is -2.33. The SMILES string of the molecule is CC(C)(C)CC(C)(C)c1ccc(C(=O)O)cc1.II. The highest BCUT2D eigenvalue weighted by atomic mass is 128. The number of hydrogen-bond donors (Lipinski definition) is 1. The van der Waals surface area contributed by atoms with Crippen LogP contribution in [0.15, 0.2) is 24.3 Å². The number of carboxylic acid groups (broad SMARTS) is 1. The van der Waals surface area contributed by atoms with Crippen LogP contribution >= 0.6 is 37.2 Å². The summed E-state index contributed by atoms with van der Waals surface area (Å²) in [6, 6.07) is 7.22. The molecule has 0 unspecified atom stereocenters. The Labute approximate surface area is 139 Å². The van der Waals surface area contributed by atoms with Crippen molar-refractivity contribution >= 4 is 43.2 Å². The molecule has 108 valence electrons. The van der Waals surface area contributed by atoms with Crippen LogP contribution in [0.2, 0.25) is 0 Å². The van der Waals surface area contributed by atoms with Crippen LogP contribution in [0.5, 0.6) is 0 Å². The van der Waals surface area contributed by atoms with E-state index >= 15 is 0 Å². The standard InChI is InChI=1S/C15H22O2.I2/c1-14(2,3)10-15(4,5)12-8-6-11(7-9-12)13(16)17;1-2/h6-9H,10H2,1-5H3,(H,16,17);. The second-order valence-corrected chi connectivity index (χ2v) is 6.50. The molecule has 1 aromatic rings. The number of carbonyl (C=O) groups is 1. The first kappa shape index (κ1) is 19.1. The van der Waals surface area contributed by atoms with Gasteiger partial charge in [0.25, 0.3) is 0 Å². The molecular weight excluding hydrogens is 466 g/mol. The number of rotatable bonds is 3. The molecule has 0 saturated heterocycles. The third-order valence-corrected chi connectivity index (χ3v) is 2.89. The van der Waals surface area contributed by atoms with Crippen LogP contribution in [0.3, 0.4) is 0 Å². The lowest BCUT2D eigenvalue weighted by molar-refractivity contribution is 0.0696. The van der Waals surface area contributed by atoms with Crippen molar-refractivity contribution in [3.8, 4) is 0 Å². The van der Waals surface area contributed by atoms with Gasteiger partial charge in [0.15, 0.2) is 0 Å². The van der Waals surface area contributed by atoms with Crippen molar-refractivity contribution < 1.29 is 9.90 Å². The molecule has 0 fully saturated rings. The number of benzene rings is 1. The van der Waals surface area contributed by atoms with Crippen molar-refractivity contribution in [2.24, 2.45) is 5.41 Å². The smallest absolute Gasteiger partial charge is 0.335 e. The molecule has 0 spiro atoms. The minimum absolute atomic E-state index is 0.0648. The molecule has 1 N–H and O–H groups in total. The van der Waals surface area contributed by atoms with Gasteiger partial charge >= 0.3 is 5.97 Å². The monoisotopic (exact) mass is 488 g/mol. The quantitative estimate of drug-likeness (QED) is 0.541. The lowest BCUT2D eigenvalue weighted by atomic mass is 9.72. The van der Waals surface area contributed by atoms with Gasteiger partial charge in [0.2, 0.25) is 0 Å². The van der Waals surface area contributed by atoms with Crippen molar-refractivity contribution in [2.75, 3.05) is 0 Å². The second kappa shape index (κ2) is 7.81. The summed E-state index contributed by atoms with van der Waals surface area (Å²) in [4.78, 5) is 10.8. The minimum atomic E-state index is -0.870. The van der Waals surface area contributed by atoms with Gasteiger partial charge in [0.05, 0.1) is 5.56 Å². The van der Waals surface area contributed by atoms with Gasteiger partial charge in [0, 0.05) is 37.2 Å². The van der Waals surface area contributed by atoms with Gasteiger partial charge in [-0.15, -0.1) is 0 Å². The molecule has 0 bridgehead atoms. The zero-order chi connectivity index (χ0) is 15.3. The summed E-state index contributed by atoms with van der Waals surface area (Å²) in [5, 5.41) is 8.86. The summed E-state index contributed by atoms with van der Waals surface area (Å²) in [6.07, 6.45) is 1.06. The van der Waals surface area contributed by atoms with E-state index in [9.17, 15) is 4.79 Å². The van der Waals surface area contributed by atoms with Crippen molar-refractivity contribution in [2.45, 2.75) is 46.5 Å². The highest BCUT2D eigenvalue weighted by molar-refractivity contribution is 15.0. The minimum Gasteiger partial charge on any atom is -0.478 e. The Bertz CT molecular complexity index is 403. The first-order valence-electron chi connectivity index (χ1n) is 6.10. The Morgan fingerprint density at radius 2 is 1.47 bits per heavy atom. The highest BCUT2D eigenvalue weighted by Crippen LogP contribution is 2.36. The van der Waals surface area contributed by atoms with Crippen LogP contribution in [-0.2, 0) is 5.41 Å². The van der Waals surface area contributed by atoms with Crippen molar-refractivity contribution in [1.29, 1.82) is 0 Å². The Balaban J connectivity index is 0.00000154. The molecule has 0 amide bonds. The normalized spacial score (nSPS) is 11.5. The van der Waals surface area contributed by atoms with Gasteiger partial charge in [-0.1, -0.05) is 46.8 Å². The highest BCUT2D eigenvalue weighted by Gasteiger charge is 2.27. The molecule has 0 atom stereocenters. The Hall–Kier alpha value is 0.150. The average molecular weight is 488 g/mol. The van der Waals surface area contributed by atoms with Crippen LogP contribution < -0.4 is 0 Å². The van der Waals surface area contributed by atoms with Gasteiger partial charge < -0.3 is 5.11 Å². The van der Waals surface area contributed by atoms with E-state index in [1.807, 2.05) is 12.1 Å². The molecular formula is C15H22I2O2. The summed E-state index contributed by atoms with van der Waals surface area (Å²) in [5.41, 5.74) is 1.86. The molecule has 0 aliphatic heterocycles. The third-order valence-electron chi connectivity index (χ3n) is 2.89. The van der Waals surface area contributed by atoms with E-state index < -0.39 is 5.97 Å². The van der Waals surface area contributed by atoms with Crippen LogP contribution in [0, 0.1) is 5.41 Å². The molecule has 0 heterocycles. The lowest BCUT2D eigenvalue weighted by Crippen LogP contribution is -2.24. The third kappa shape index (κ3) is 6.92. The van der Waals surface area contributed by atoms with Gasteiger partial charge in [-0.25, -0.2) is 4.79 Å². The fraction of sp³-hybridized carbons (Fsp3) is 0.533. The molecule has 0 radical (unpaired) electrons. The molecule has 0 aromatic heterocycles. The molecule has 4 heteroatoms. The number of carboxylic acids is 1. The molecule has 19 heavy (non-hydrogen) atoms. The summed E-state index contributed by atoms with van der Waals surface area (Å²) in [5.74, 6) is -0.870. The maximum absolute atomic E-state index is 10.8. The van der Waals surface area contributed by atoms with E-state index in [0.29, 0.717) is 5.56 Å². The van der Waals surface area contributed by atoms with Crippen LogP contribution in [-0.4, -0.2) is 11.1 Å². The summed E-state index contributed by atoms with van der Waals surface area (Å²) in [7, 11) is 0. The predicted molar refractivity (Wildman–Crippen MR) is 98.5 cm³/mol. The second-order valence-electron chi connectivity index (χ2n) is 6.50. The van der Waals surface area contributed by atoms with E-state index in [1.165, 1.54) is 5.56 Å². The van der Waals surface area contributed by atoms with Crippen molar-refractivity contribution in [1.82, 2.24) is 0 Å². The van der Waals surface area contributed by atoms with Crippen molar-refractivity contribution in [3.63, 3.8) is 0 Å². The van der Waals surface area contributed by atoms with Gasteiger partial charge in [0.1, 0.15) is 0 Å². The number of hydrogen-bond acceptors (Lipinski definition) is 1. The number of halogens is 2. The van der Waals surface area contributed by atoms with E-state index in [0.717, 1.165) is 6.42 Å². The van der Waals surface area contributed by atoms with Gasteiger partial charge in [-0.2, -0.15) is 0 Å². The zero-order valence-electron chi connectivity index (χ0n) is 12.1.